The Kier molecular flexibility index (Phi) is 2.75. The van der Waals surface area contributed by atoms with E-state index in [1.165, 1.54) is 29.8 Å². The Hall–Kier alpha value is -1.15. The molecule has 1 saturated carbocycles. The molecule has 17 heavy (non-hydrogen) atoms. The molecule has 1 radical (unpaired) electrons. The maximum atomic E-state index is 4.73. The van der Waals surface area contributed by atoms with Crippen LogP contribution in [0.3, 0.4) is 0 Å². The third kappa shape index (κ3) is 2.27. The largest absolute Gasteiger partial charge is 0.241 e. The van der Waals surface area contributed by atoms with E-state index in [-0.39, 0.29) is 5.41 Å². The van der Waals surface area contributed by atoms with Crippen molar-refractivity contribution in [3.8, 4) is 11.3 Å². The second kappa shape index (κ2) is 4.26. The van der Waals surface area contributed by atoms with Gasteiger partial charge in [-0.25, -0.2) is 4.98 Å². The monoisotopic (exact) mass is 242 g/mol. The Bertz CT molecular complexity index is 497. The summed E-state index contributed by atoms with van der Waals surface area (Å²) in [7, 11) is 0. The topological polar surface area (TPSA) is 12.9 Å². The Morgan fingerprint density at radius 3 is 2.65 bits per heavy atom. The third-order valence-corrected chi connectivity index (χ3v) is 4.41. The summed E-state index contributed by atoms with van der Waals surface area (Å²) in [4.78, 5) is 4.73. The Balaban J connectivity index is 1.79. The van der Waals surface area contributed by atoms with E-state index in [2.05, 4.69) is 36.6 Å². The number of benzene rings is 1. The molecular formula is C15H16NS. The molecule has 1 fully saturated rings. The fraction of sp³-hybridized carbons (Fsp3) is 0.333. The van der Waals surface area contributed by atoms with E-state index in [4.69, 9.17) is 4.98 Å². The Morgan fingerprint density at radius 1 is 1.24 bits per heavy atom. The fourth-order valence-corrected chi connectivity index (χ4v) is 3.28. The number of hydrogen-bond acceptors (Lipinski definition) is 2. The number of hydrogen-bond donors (Lipinski definition) is 0. The molecule has 3 rings (SSSR count). The lowest BCUT2D eigenvalue weighted by atomic mass is 9.68. The molecule has 0 spiro atoms. The van der Waals surface area contributed by atoms with Gasteiger partial charge in [-0.2, -0.15) is 0 Å². The van der Waals surface area contributed by atoms with Gasteiger partial charge in [0.2, 0.25) is 0 Å². The maximum Gasteiger partial charge on any atom is 0.0938 e. The molecule has 1 aliphatic rings. The molecule has 0 atom stereocenters. The van der Waals surface area contributed by atoms with Crippen LogP contribution in [-0.2, 0) is 6.42 Å². The van der Waals surface area contributed by atoms with Crippen LogP contribution >= 0.6 is 11.3 Å². The zero-order valence-electron chi connectivity index (χ0n) is 9.86. The van der Waals surface area contributed by atoms with E-state index in [9.17, 15) is 0 Å². The van der Waals surface area contributed by atoms with E-state index in [1.807, 2.05) is 6.07 Å². The van der Waals surface area contributed by atoms with Crippen molar-refractivity contribution in [2.24, 2.45) is 5.41 Å². The van der Waals surface area contributed by atoms with Gasteiger partial charge in [0.15, 0.2) is 0 Å². The molecule has 1 nitrogen and oxygen atoms in total. The summed E-state index contributed by atoms with van der Waals surface area (Å²) in [6, 6.07) is 10.4. The molecule has 2 heteroatoms. The zero-order chi connectivity index (χ0) is 11.7. The third-order valence-electron chi connectivity index (χ3n) is 3.56. The van der Waals surface area contributed by atoms with Crippen molar-refractivity contribution >= 4 is 11.3 Å². The van der Waals surface area contributed by atoms with E-state index in [0.29, 0.717) is 0 Å². The second-order valence-electron chi connectivity index (χ2n) is 5.02. The van der Waals surface area contributed by atoms with Crippen molar-refractivity contribution in [2.45, 2.75) is 25.7 Å². The van der Waals surface area contributed by atoms with Gasteiger partial charge in [-0.15, -0.1) is 11.3 Å². The van der Waals surface area contributed by atoms with E-state index in [0.717, 1.165) is 12.1 Å². The smallest absolute Gasteiger partial charge is 0.0938 e. The molecule has 0 bridgehead atoms. The van der Waals surface area contributed by atoms with E-state index < -0.39 is 0 Å². The van der Waals surface area contributed by atoms with Crippen LogP contribution < -0.4 is 0 Å². The Labute approximate surface area is 107 Å². The van der Waals surface area contributed by atoms with Crippen molar-refractivity contribution in [3.05, 3.63) is 47.6 Å². The first kappa shape index (κ1) is 11.0. The molecule has 1 aromatic heterocycles. The van der Waals surface area contributed by atoms with Crippen LogP contribution in [0, 0.1) is 12.3 Å². The van der Waals surface area contributed by atoms with Gasteiger partial charge < -0.3 is 0 Å². The molecule has 0 N–H and O–H groups in total. The highest BCUT2D eigenvalue weighted by Gasteiger charge is 2.32. The summed E-state index contributed by atoms with van der Waals surface area (Å²) >= 11 is 1.77. The highest BCUT2D eigenvalue weighted by Crippen LogP contribution is 2.43. The molecule has 0 amide bonds. The normalized spacial score (nSPS) is 17.7. The summed E-state index contributed by atoms with van der Waals surface area (Å²) in [6.07, 6.45) is 4.89. The quantitative estimate of drug-likeness (QED) is 0.779. The predicted octanol–water partition coefficient (Wildman–Crippen LogP) is 4.36. The van der Waals surface area contributed by atoms with Crippen LogP contribution in [-0.4, -0.2) is 4.98 Å². The van der Waals surface area contributed by atoms with Crippen LogP contribution in [0.2, 0.25) is 0 Å². The van der Waals surface area contributed by atoms with Gasteiger partial charge in [0.25, 0.3) is 0 Å². The number of rotatable bonds is 3. The highest BCUT2D eigenvalue weighted by atomic mass is 32.1. The van der Waals surface area contributed by atoms with Gasteiger partial charge in [0.1, 0.15) is 0 Å². The minimum Gasteiger partial charge on any atom is -0.241 e. The van der Waals surface area contributed by atoms with Gasteiger partial charge in [0, 0.05) is 17.4 Å². The van der Waals surface area contributed by atoms with Crippen molar-refractivity contribution < 1.29 is 0 Å². The van der Waals surface area contributed by atoms with E-state index in [1.54, 1.807) is 11.3 Å². The second-order valence-corrected chi connectivity index (χ2v) is 5.97. The molecule has 0 aliphatic heterocycles. The molecule has 0 saturated heterocycles. The average Bonchev–Trinajstić information content (AvgIpc) is 2.77. The molecule has 1 aliphatic carbocycles. The van der Waals surface area contributed by atoms with Crippen LogP contribution in [0.15, 0.2) is 35.7 Å². The summed E-state index contributed by atoms with van der Waals surface area (Å²) in [5.41, 5.74) is 2.60. The van der Waals surface area contributed by atoms with E-state index >= 15 is 0 Å². The van der Waals surface area contributed by atoms with Crippen molar-refractivity contribution in [1.82, 2.24) is 4.98 Å². The van der Waals surface area contributed by atoms with Gasteiger partial charge in [0.05, 0.1) is 10.7 Å². The van der Waals surface area contributed by atoms with Crippen molar-refractivity contribution in [2.75, 3.05) is 0 Å². The van der Waals surface area contributed by atoms with Gasteiger partial charge in [-0.1, -0.05) is 36.8 Å². The summed E-state index contributed by atoms with van der Waals surface area (Å²) in [6.45, 7) is 4.32. The van der Waals surface area contributed by atoms with Crippen LogP contribution in [0.4, 0.5) is 0 Å². The van der Waals surface area contributed by atoms with Gasteiger partial charge in [-0.3, -0.25) is 0 Å². The Morgan fingerprint density at radius 2 is 2.00 bits per heavy atom. The number of thiazole rings is 1. The maximum absolute atomic E-state index is 4.73. The van der Waals surface area contributed by atoms with Crippen LogP contribution in [0.1, 0.15) is 24.3 Å². The van der Waals surface area contributed by atoms with Crippen LogP contribution in [0.25, 0.3) is 11.3 Å². The molecule has 2 aromatic rings. The molecule has 1 aromatic carbocycles. The van der Waals surface area contributed by atoms with Gasteiger partial charge >= 0.3 is 0 Å². The van der Waals surface area contributed by atoms with Crippen LogP contribution in [0.5, 0.6) is 0 Å². The molecule has 0 unspecified atom stereocenters. The minimum atomic E-state index is 0.284. The first-order valence-electron chi connectivity index (χ1n) is 6.10. The molecule has 87 valence electrons. The highest BCUT2D eigenvalue weighted by molar-refractivity contribution is 7.09. The summed E-state index contributed by atoms with van der Waals surface area (Å²) in [5.74, 6) is 0. The first-order chi connectivity index (χ1) is 8.25. The summed E-state index contributed by atoms with van der Waals surface area (Å²) < 4.78 is 0. The predicted molar refractivity (Wildman–Crippen MR) is 72.9 cm³/mol. The zero-order valence-corrected chi connectivity index (χ0v) is 10.7. The number of aromatic nitrogens is 1. The lowest BCUT2D eigenvalue weighted by molar-refractivity contribution is 0.199. The molecular weight excluding hydrogens is 226 g/mol. The SMILES string of the molecule is [CH2]C1(Cc2nc(-c3ccccc3)cs2)CCC1. The average molecular weight is 242 g/mol. The lowest BCUT2D eigenvalue weighted by Gasteiger charge is -2.37. The fourth-order valence-electron chi connectivity index (χ4n) is 2.31. The number of nitrogens with zero attached hydrogens (tertiary/aromatic N) is 1. The first-order valence-corrected chi connectivity index (χ1v) is 6.98. The lowest BCUT2D eigenvalue weighted by Crippen LogP contribution is -2.28. The minimum absolute atomic E-state index is 0.284. The molecule has 1 heterocycles. The van der Waals surface area contributed by atoms with Gasteiger partial charge in [-0.05, 0) is 25.2 Å². The standard InChI is InChI=1S/C15H16NS/c1-15(8-5-9-15)10-14-16-13(11-17-14)12-6-3-2-4-7-12/h2-4,6-7,11H,1,5,8-10H2. The summed E-state index contributed by atoms with van der Waals surface area (Å²) in [5, 5.41) is 3.39. The van der Waals surface area contributed by atoms with Crippen molar-refractivity contribution in [3.63, 3.8) is 0 Å². The van der Waals surface area contributed by atoms with Crippen molar-refractivity contribution in [1.29, 1.82) is 0 Å².